The van der Waals surface area contributed by atoms with Crippen LogP contribution in [0.15, 0.2) is 37.1 Å². The molecule has 0 heterocycles. The number of hydrogen-bond acceptors (Lipinski definition) is 8. The molecule has 0 saturated heterocycles. The van der Waals surface area contributed by atoms with E-state index in [1.807, 2.05) is 0 Å². The molecule has 0 unspecified atom stereocenters. The highest BCUT2D eigenvalue weighted by atomic mass is 16.5. The van der Waals surface area contributed by atoms with E-state index in [0.29, 0.717) is 0 Å². The van der Waals surface area contributed by atoms with Crippen molar-refractivity contribution in [1.29, 1.82) is 0 Å². The van der Waals surface area contributed by atoms with Gasteiger partial charge >= 0.3 is 11.9 Å². The first-order valence-corrected chi connectivity index (χ1v) is 6.60. The van der Waals surface area contributed by atoms with Crippen LogP contribution in [0.2, 0.25) is 0 Å². The van der Waals surface area contributed by atoms with Crippen molar-refractivity contribution in [2.75, 3.05) is 33.0 Å². The Morgan fingerprint density at radius 2 is 1.46 bits per heavy atom. The molecule has 140 valence electrons. The van der Waals surface area contributed by atoms with Crippen molar-refractivity contribution in [2.24, 2.45) is 5.41 Å². The first-order valence-electron chi connectivity index (χ1n) is 6.60. The van der Waals surface area contributed by atoms with Crippen molar-refractivity contribution in [3.8, 4) is 0 Å². The van der Waals surface area contributed by atoms with Gasteiger partial charge in [-0.05, 0) is 13.0 Å². The lowest BCUT2D eigenvalue weighted by Gasteiger charge is -2.23. The van der Waals surface area contributed by atoms with Crippen LogP contribution in [0.5, 0.6) is 0 Å². The van der Waals surface area contributed by atoms with Crippen LogP contribution in [0, 0.1) is 5.41 Å². The lowest BCUT2D eigenvalue weighted by Crippen LogP contribution is -2.37. The van der Waals surface area contributed by atoms with E-state index in [0.717, 1.165) is 12.3 Å². The molecule has 0 aliphatic carbocycles. The third-order valence-corrected chi connectivity index (χ3v) is 2.30. The molecule has 24 heavy (non-hydrogen) atoms. The number of aliphatic hydroxyl groups excluding tert-OH is 5. The van der Waals surface area contributed by atoms with Crippen LogP contribution in [0.4, 0.5) is 0 Å². The third kappa shape index (κ3) is 16.2. The summed E-state index contributed by atoms with van der Waals surface area (Å²) in [5.41, 5.74) is -0.935. The second-order valence-corrected chi connectivity index (χ2v) is 4.44. The van der Waals surface area contributed by atoms with Crippen LogP contribution in [-0.4, -0.2) is 75.6 Å². The molecular weight excluding hydrogens is 324 g/mol. The maximum absolute atomic E-state index is 10.2. The van der Waals surface area contributed by atoms with Crippen molar-refractivity contribution < 1.29 is 45.0 Å². The van der Waals surface area contributed by atoms with Gasteiger partial charge in [-0.15, -0.1) is 0 Å². The molecule has 0 spiro atoms. The van der Waals surface area contributed by atoms with Gasteiger partial charge < -0.3 is 35.4 Å². The summed E-state index contributed by atoms with van der Waals surface area (Å²) in [4.78, 5) is 19.8. The smallest absolute Gasteiger partial charge is 0.330 e. The van der Waals surface area contributed by atoms with E-state index in [1.165, 1.54) is 13.0 Å². The molecule has 0 rings (SSSR count). The molecule has 0 fully saturated rings. The highest BCUT2D eigenvalue weighted by Crippen LogP contribution is 2.11. The Hall–Kier alpha value is -2.20. The molecule has 9 heteroatoms. The number of carboxylic acids is 1. The summed E-state index contributed by atoms with van der Waals surface area (Å²) in [7, 11) is 0. The second kappa shape index (κ2) is 17.2. The van der Waals surface area contributed by atoms with E-state index in [4.69, 9.17) is 30.6 Å². The van der Waals surface area contributed by atoms with Gasteiger partial charge in [-0.2, -0.15) is 0 Å². The standard InChI is InChI=1S/C6H8O3.C5H12O4.C4H6O2/c1-2-6(8)9-5-3-4-7;6-1-5(2-7,3-8)4-9;1-3(2)4(5)6/h2-4,7H,1,5H2;6-9H,1-4H2;1H2,2H3,(H,5,6). The van der Waals surface area contributed by atoms with Gasteiger partial charge in [0, 0.05) is 11.6 Å². The van der Waals surface area contributed by atoms with Crippen LogP contribution in [0.25, 0.3) is 0 Å². The van der Waals surface area contributed by atoms with Gasteiger partial charge in [0.25, 0.3) is 0 Å². The minimum absolute atomic E-state index is 0.0847. The lowest BCUT2D eigenvalue weighted by atomic mass is 9.93. The first-order chi connectivity index (χ1) is 11.2. The Balaban J connectivity index is -0.000000282. The van der Waals surface area contributed by atoms with Crippen molar-refractivity contribution in [1.82, 2.24) is 0 Å². The van der Waals surface area contributed by atoms with Gasteiger partial charge in [0.1, 0.15) is 6.61 Å². The van der Waals surface area contributed by atoms with E-state index < -0.39 is 43.8 Å². The average molecular weight is 350 g/mol. The minimum Gasteiger partial charge on any atom is -0.516 e. The lowest BCUT2D eigenvalue weighted by molar-refractivity contribution is -0.136. The van der Waals surface area contributed by atoms with E-state index in [9.17, 15) is 9.59 Å². The second-order valence-electron chi connectivity index (χ2n) is 4.44. The highest BCUT2D eigenvalue weighted by Gasteiger charge is 2.26. The van der Waals surface area contributed by atoms with Crippen LogP contribution in [0.3, 0.4) is 0 Å². The van der Waals surface area contributed by atoms with E-state index in [2.05, 4.69) is 17.9 Å². The van der Waals surface area contributed by atoms with E-state index in [-0.39, 0.29) is 12.2 Å². The van der Waals surface area contributed by atoms with Gasteiger partial charge in [0.05, 0.1) is 38.1 Å². The number of hydrogen-bond donors (Lipinski definition) is 6. The van der Waals surface area contributed by atoms with Crippen molar-refractivity contribution >= 4 is 11.9 Å². The Kier molecular flexibility index (Phi) is 19.1. The quantitative estimate of drug-likeness (QED) is 0.190. The number of ether oxygens (including phenoxy) is 1. The topological polar surface area (TPSA) is 165 Å². The van der Waals surface area contributed by atoms with Crippen LogP contribution in [0.1, 0.15) is 6.92 Å². The fourth-order valence-electron chi connectivity index (χ4n) is 0.532. The zero-order valence-electron chi connectivity index (χ0n) is 13.6. The molecule has 0 aliphatic rings. The molecule has 0 aliphatic heterocycles. The molecule has 0 aromatic heterocycles. The zero-order chi connectivity index (χ0) is 19.6. The number of carbonyl (C=O) groups is 2. The number of carboxylic acid groups (broad SMARTS) is 1. The average Bonchev–Trinajstić information content (AvgIpc) is 2.58. The summed E-state index contributed by atoms with van der Waals surface area (Å²) in [6, 6.07) is 0. The number of aliphatic carboxylic acids is 1. The Morgan fingerprint density at radius 1 is 1.08 bits per heavy atom. The van der Waals surface area contributed by atoms with Gasteiger partial charge in [-0.25, -0.2) is 9.59 Å². The molecule has 6 N–H and O–H groups in total. The first kappa shape index (κ1) is 26.7. The maximum Gasteiger partial charge on any atom is 0.330 e. The minimum atomic E-state index is -1.11. The molecule has 0 bridgehead atoms. The SMILES string of the molecule is C=C(C)C(=O)O.C=CC(=O)OCC=CO.OCC(CO)(CO)CO. The van der Waals surface area contributed by atoms with Gasteiger partial charge in [-0.3, -0.25) is 0 Å². The monoisotopic (exact) mass is 350 g/mol. The highest BCUT2D eigenvalue weighted by molar-refractivity contribution is 5.84. The molecule has 0 amide bonds. The summed E-state index contributed by atoms with van der Waals surface area (Å²) in [5, 5.41) is 49.9. The predicted molar refractivity (Wildman–Crippen MR) is 86.2 cm³/mol. The molecule has 0 atom stereocenters. The molecular formula is C15H26O9. The zero-order valence-corrected chi connectivity index (χ0v) is 13.6. The van der Waals surface area contributed by atoms with Crippen molar-refractivity contribution in [3.05, 3.63) is 37.1 Å². The summed E-state index contributed by atoms with van der Waals surface area (Å²) in [6.45, 7) is 6.24. The fraction of sp³-hybridized carbons (Fsp3) is 0.467. The van der Waals surface area contributed by atoms with Crippen LogP contribution >= 0.6 is 0 Å². The number of esters is 1. The fourth-order valence-corrected chi connectivity index (χ4v) is 0.532. The van der Waals surface area contributed by atoms with E-state index >= 15 is 0 Å². The summed E-state index contributed by atoms with van der Waals surface area (Å²) in [5.74, 6) is -1.43. The third-order valence-electron chi connectivity index (χ3n) is 2.30. The largest absolute Gasteiger partial charge is 0.516 e. The molecule has 0 radical (unpaired) electrons. The number of rotatable bonds is 8. The number of carbonyl (C=O) groups excluding carboxylic acids is 1. The normalized spacial score (nSPS) is 9.88. The van der Waals surface area contributed by atoms with Gasteiger partial charge in [0.15, 0.2) is 0 Å². The Labute approximate surface area is 140 Å². The van der Waals surface area contributed by atoms with Gasteiger partial charge in [-0.1, -0.05) is 13.2 Å². The van der Waals surface area contributed by atoms with Gasteiger partial charge in [0.2, 0.25) is 0 Å². The number of aliphatic hydroxyl groups is 5. The Bertz CT molecular complexity index is 368. The van der Waals surface area contributed by atoms with E-state index in [1.54, 1.807) is 0 Å². The van der Waals surface area contributed by atoms with Crippen molar-refractivity contribution in [2.45, 2.75) is 6.92 Å². The molecule has 0 saturated carbocycles. The molecule has 9 nitrogen and oxygen atoms in total. The maximum atomic E-state index is 10.2. The molecule has 0 aromatic carbocycles. The summed E-state index contributed by atoms with van der Waals surface area (Å²) in [6.07, 6.45) is 3.18. The Morgan fingerprint density at radius 3 is 1.62 bits per heavy atom. The summed E-state index contributed by atoms with van der Waals surface area (Å²) < 4.78 is 4.43. The van der Waals surface area contributed by atoms with Crippen molar-refractivity contribution in [3.63, 3.8) is 0 Å². The predicted octanol–water partition coefficient (Wildman–Crippen LogP) is -0.624. The van der Waals surface area contributed by atoms with Crippen LogP contribution in [-0.2, 0) is 14.3 Å². The van der Waals surface area contributed by atoms with Crippen LogP contribution < -0.4 is 0 Å². The molecule has 0 aromatic rings. The summed E-state index contributed by atoms with van der Waals surface area (Å²) >= 11 is 0.